The summed E-state index contributed by atoms with van der Waals surface area (Å²) in [6.45, 7) is 1.03. The van der Waals surface area contributed by atoms with Crippen LogP contribution in [0.5, 0.6) is 0 Å². The SMILES string of the molecule is COC(=O)[C@H]1CC[C@H](C(=O)N2CC[C@@]3(Cc4ccc(F)cc4)c4ccc(C(C)(F)C(F)(F)F)cc4CC[C@@H]23)CC1. The second-order valence-electron chi connectivity index (χ2n) is 11.7. The quantitative estimate of drug-likeness (QED) is 0.305. The van der Waals surface area contributed by atoms with Gasteiger partial charge >= 0.3 is 12.1 Å². The Bertz CT molecular complexity index is 1270. The normalized spacial score (nSPS) is 27.9. The van der Waals surface area contributed by atoms with Crippen LogP contribution in [-0.4, -0.2) is 42.6 Å². The van der Waals surface area contributed by atoms with E-state index in [1.807, 2.05) is 4.90 Å². The third kappa shape index (κ3) is 4.90. The molecule has 1 saturated carbocycles. The van der Waals surface area contributed by atoms with Crippen molar-refractivity contribution in [1.82, 2.24) is 4.90 Å². The molecule has 1 heterocycles. The summed E-state index contributed by atoms with van der Waals surface area (Å²) in [5.41, 5.74) is -2.14. The van der Waals surface area contributed by atoms with E-state index < -0.39 is 22.8 Å². The number of nitrogens with zero attached hydrogens (tertiary/aromatic N) is 1. The molecule has 1 aliphatic heterocycles. The van der Waals surface area contributed by atoms with Gasteiger partial charge in [0.2, 0.25) is 11.6 Å². The van der Waals surface area contributed by atoms with Gasteiger partial charge < -0.3 is 9.64 Å². The van der Waals surface area contributed by atoms with E-state index in [1.165, 1.54) is 31.4 Å². The number of hydrogen-bond acceptors (Lipinski definition) is 3. The van der Waals surface area contributed by atoms with Crippen molar-refractivity contribution in [3.8, 4) is 0 Å². The molecule has 3 aliphatic rings. The summed E-state index contributed by atoms with van der Waals surface area (Å²) >= 11 is 0. The van der Waals surface area contributed by atoms with Gasteiger partial charge in [-0.1, -0.05) is 30.3 Å². The summed E-state index contributed by atoms with van der Waals surface area (Å²) < 4.78 is 73.9. The fourth-order valence-electron chi connectivity index (χ4n) is 7.23. The van der Waals surface area contributed by atoms with Gasteiger partial charge in [-0.05, 0) is 92.7 Å². The molecular weight excluding hydrogens is 529 g/mol. The smallest absolute Gasteiger partial charge is 0.426 e. The van der Waals surface area contributed by atoms with Crippen LogP contribution in [0.3, 0.4) is 0 Å². The molecule has 2 fully saturated rings. The molecule has 9 heteroatoms. The minimum absolute atomic E-state index is 0.0442. The fraction of sp³-hybridized carbons (Fsp3) is 0.548. The number of methoxy groups -OCH3 is 1. The molecule has 2 aromatic rings. The van der Waals surface area contributed by atoms with Crippen molar-refractivity contribution >= 4 is 11.9 Å². The van der Waals surface area contributed by atoms with Crippen LogP contribution in [0.25, 0.3) is 0 Å². The predicted octanol–water partition coefficient (Wildman–Crippen LogP) is 6.58. The maximum atomic E-state index is 14.9. The lowest BCUT2D eigenvalue weighted by atomic mass is 9.63. The van der Waals surface area contributed by atoms with Crippen molar-refractivity contribution < 1.29 is 36.3 Å². The molecule has 0 aromatic heterocycles. The Balaban J connectivity index is 1.47. The number of amides is 1. The van der Waals surface area contributed by atoms with E-state index in [9.17, 15) is 31.5 Å². The highest BCUT2D eigenvalue weighted by Gasteiger charge is 2.56. The third-order valence-corrected chi connectivity index (χ3v) is 9.54. The van der Waals surface area contributed by atoms with Gasteiger partial charge in [0.1, 0.15) is 5.82 Å². The monoisotopic (exact) mass is 563 g/mol. The molecule has 3 atom stereocenters. The average Bonchev–Trinajstić information content (AvgIpc) is 3.32. The molecule has 0 radical (unpaired) electrons. The molecule has 0 spiro atoms. The zero-order valence-electron chi connectivity index (χ0n) is 22.7. The van der Waals surface area contributed by atoms with E-state index in [0.29, 0.717) is 70.4 Å². The zero-order valence-corrected chi connectivity index (χ0v) is 22.7. The van der Waals surface area contributed by atoms with Crippen molar-refractivity contribution in [2.45, 2.75) is 81.6 Å². The number of alkyl halides is 4. The number of aryl methyl sites for hydroxylation is 1. The summed E-state index contributed by atoms with van der Waals surface area (Å²) in [4.78, 5) is 27.7. The van der Waals surface area contributed by atoms with Crippen molar-refractivity contribution in [3.63, 3.8) is 0 Å². The number of esters is 1. The van der Waals surface area contributed by atoms with Crippen LogP contribution < -0.4 is 0 Å². The van der Waals surface area contributed by atoms with E-state index >= 15 is 0 Å². The lowest BCUT2D eigenvalue weighted by Crippen LogP contribution is -2.51. The van der Waals surface area contributed by atoms with Crippen LogP contribution in [0.2, 0.25) is 0 Å². The Morgan fingerprint density at radius 3 is 2.25 bits per heavy atom. The van der Waals surface area contributed by atoms with Gasteiger partial charge in [-0.3, -0.25) is 9.59 Å². The second-order valence-corrected chi connectivity index (χ2v) is 11.7. The van der Waals surface area contributed by atoms with Crippen LogP contribution in [-0.2, 0) is 38.3 Å². The summed E-state index contributed by atoms with van der Waals surface area (Å²) in [6.07, 6.45) is -0.635. The summed E-state index contributed by atoms with van der Waals surface area (Å²) in [7, 11) is 1.37. The van der Waals surface area contributed by atoms with E-state index in [4.69, 9.17) is 4.74 Å². The number of carbonyl (C=O) groups is 2. The number of ether oxygens (including phenoxy) is 1. The maximum Gasteiger partial charge on any atom is 0.426 e. The Labute approximate surface area is 230 Å². The van der Waals surface area contributed by atoms with E-state index in [0.717, 1.165) is 11.1 Å². The number of rotatable bonds is 5. The molecule has 1 saturated heterocycles. The van der Waals surface area contributed by atoms with Gasteiger partial charge in [0.25, 0.3) is 0 Å². The van der Waals surface area contributed by atoms with Gasteiger partial charge in [-0.25, -0.2) is 8.78 Å². The molecule has 1 amide bonds. The van der Waals surface area contributed by atoms with Gasteiger partial charge in [-0.2, -0.15) is 13.2 Å². The minimum Gasteiger partial charge on any atom is -0.469 e. The Morgan fingerprint density at radius 1 is 0.975 bits per heavy atom. The first-order chi connectivity index (χ1) is 18.9. The first-order valence-corrected chi connectivity index (χ1v) is 13.9. The number of carbonyl (C=O) groups excluding carboxylic acids is 2. The first-order valence-electron chi connectivity index (χ1n) is 13.9. The molecular formula is C31H34F5NO3. The molecule has 5 rings (SSSR count). The van der Waals surface area contributed by atoms with Crippen LogP contribution in [0.4, 0.5) is 22.0 Å². The first kappa shape index (κ1) is 28.6. The molecule has 2 aliphatic carbocycles. The Hall–Kier alpha value is -2.97. The van der Waals surface area contributed by atoms with Gasteiger partial charge in [-0.15, -0.1) is 0 Å². The van der Waals surface area contributed by atoms with Crippen molar-refractivity contribution in [1.29, 1.82) is 0 Å². The zero-order chi connectivity index (χ0) is 28.9. The van der Waals surface area contributed by atoms with Gasteiger partial charge in [0, 0.05) is 23.9 Å². The van der Waals surface area contributed by atoms with E-state index in [-0.39, 0.29) is 35.6 Å². The lowest BCUT2D eigenvalue weighted by molar-refractivity contribution is -0.228. The Morgan fingerprint density at radius 2 is 1.62 bits per heavy atom. The number of benzene rings is 2. The van der Waals surface area contributed by atoms with Gasteiger partial charge in [0.05, 0.1) is 13.0 Å². The molecule has 0 bridgehead atoms. The van der Waals surface area contributed by atoms with Crippen molar-refractivity contribution in [2.75, 3.05) is 13.7 Å². The van der Waals surface area contributed by atoms with Gasteiger partial charge in [0.15, 0.2) is 0 Å². The highest BCUT2D eigenvalue weighted by molar-refractivity contribution is 5.81. The lowest BCUT2D eigenvalue weighted by Gasteiger charge is -2.45. The number of fused-ring (bicyclic) bond motifs is 3. The van der Waals surface area contributed by atoms with Crippen LogP contribution in [0.1, 0.15) is 67.7 Å². The highest BCUT2D eigenvalue weighted by atomic mass is 19.4. The molecule has 40 heavy (non-hydrogen) atoms. The maximum absolute atomic E-state index is 14.9. The average molecular weight is 564 g/mol. The van der Waals surface area contributed by atoms with Crippen molar-refractivity contribution in [3.05, 3.63) is 70.5 Å². The predicted molar refractivity (Wildman–Crippen MR) is 139 cm³/mol. The topological polar surface area (TPSA) is 46.6 Å². The van der Waals surface area contributed by atoms with Crippen molar-refractivity contribution in [2.24, 2.45) is 11.8 Å². The number of hydrogen-bond donors (Lipinski definition) is 0. The Kier molecular flexibility index (Phi) is 7.46. The highest BCUT2D eigenvalue weighted by Crippen LogP contribution is 2.51. The molecule has 0 N–H and O–H groups in total. The van der Waals surface area contributed by atoms with Crippen LogP contribution >= 0.6 is 0 Å². The molecule has 2 aromatic carbocycles. The number of halogens is 5. The fourth-order valence-corrected chi connectivity index (χ4v) is 7.23. The summed E-state index contributed by atoms with van der Waals surface area (Å²) in [5.74, 6) is -0.970. The molecule has 216 valence electrons. The second kappa shape index (κ2) is 10.5. The minimum atomic E-state index is -5.05. The molecule has 1 unspecified atom stereocenters. The third-order valence-electron chi connectivity index (χ3n) is 9.54. The van der Waals surface area contributed by atoms with E-state index in [1.54, 1.807) is 18.2 Å². The standard InChI is InChI=1S/C31H34F5NO3/c1-29(33,31(34,35)36)23-10-13-25-22(17-23)9-14-26-30(25,18-19-3-11-24(32)12-4-19)15-16-37(26)27(38)20-5-7-21(8-6-20)28(39)40-2/h3-4,10-13,17,20-21,26H,5-9,14-16,18H2,1-2H3/t20-,21-,26-,29?,30-/m1/s1. The molecule has 4 nitrogen and oxygen atoms in total. The summed E-state index contributed by atoms with van der Waals surface area (Å²) in [5, 5.41) is 0. The van der Waals surface area contributed by atoms with Crippen LogP contribution in [0, 0.1) is 17.7 Å². The largest absolute Gasteiger partial charge is 0.469 e. The number of likely N-dealkylation sites (tertiary alicyclic amines) is 1. The van der Waals surface area contributed by atoms with Crippen LogP contribution in [0.15, 0.2) is 42.5 Å². The summed E-state index contributed by atoms with van der Waals surface area (Å²) in [6, 6.07) is 10.1. The van der Waals surface area contributed by atoms with E-state index in [2.05, 4.69) is 0 Å².